The van der Waals surface area contributed by atoms with Crippen molar-refractivity contribution in [3.8, 4) is 17.2 Å². The van der Waals surface area contributed by atoms with Gasteiger partial charge in [-0.3, -0.25) is 4.79 Å². The second-order valence-corrected chi connectivity index (χ2v) is 30.7. The maximum Gasteiger partial charge on any atom is 1.00 e. The smallest absolute Gasteiger partial charge is 0.870 e. The van der Waals surface area contributed by atoms with Crippen LogP contribution in [0, 0.1) is 38.2 Å². The molecule has 0 spiro atoms. The fourth-order valence-corrected chi connectivity index (χ4v) is 15.3. The van der Waals surface area contributed by atoms with Gasteiger partial charge in [-0.2, -0.15) is 27.9 Å². The normalized spacial score (nSPS) is 13.8. The number of hydrogen-bond donors (Lipinski definition) is 5. The first-order valence-electron chi connectivity index (χ1n) is 34.3. The molecular weight excluding hydrogens is 1600 g/mol. The molecule has 3 fully saturated rings. The number of ether oxygens (including phenoxy) is 4. The summed E-state index contributed by atoms with van der Waals surface area (Å²) in [6, 6.07) is 40.3. The first kappa shape index (κ1) is 91.6. The molecule has 600 valence electrons. The number of alkyl halides is 1. The van der Waals surface area contributed by atoms with E-state index in [2.05, 4.69) is 66.5 Å². The number of nitrogens with zero attached hydrogens (tertiary/aromatic N) is 12. The van der Waals surface area contributed by atoms with Crippen LogP contribution in [0.15, 0.2) is 178 Å². The Labute approximate surface area is 672 Å². The van der Waals surface area contributed by atoms with Crippen molar-refractivity contribution in [1.29, 1.82) is 0 Å². The first-order chi connectivity index (χ1) is 52.6. The first-order valence-corrected chi connectivity index (χ1v) is 39.8. The van der Waals surface area contributed by atoms with Crippen LogP contribution in [-0.2, 0) is 53.9 Å². The number of carbonyl (C=O) groups excluding carboxylic acids is 2. The maximum absolute atomic E-state index is 13.2. The minimum Gasteiger partial charge on any atom is -0.870 e. The molecule has 9 aromatic rings. The fourth-order valence-electron chi connectivity index (χ4n) is 10.9. The Morgan fingerprint density at radius 3 is 0.973 bits per heavy atom. The standard InChI is InChI=1S/C25H28FN5O5S.C23H24FN5O5S.C21H22FN5O3S.C4H7BrO2.Li.2H2O/c1-3-35-24(32)17-36-21-8-10-22(11-9-21)37(33,34)31-14-12-30(13-15-31)25-27-18(2)16-23(29-25)28-20-6-4-19(26)5-7-20;1-16-14-21(26-18-4-2-17(24)3-5-18)27-23(25-16)28-10-12-29(13-11-28)35(32,33)20-8-6-19(7-9-20)34-15-22(30)31;1-15-14-20(24-17-4-2-16(22)3-5-17)25-21(23-15)26-10-12-27(13-11-26)31(29,30)19-8-6-18(28)7-9-19;1-2-7-4(6)3-5;;;/h4-11,16H,3,12-15,17H2,1-2H3,(H,27,28,29);2-9,14H,10-13,15H2,1H3,(H,30,31)(H,25,26,27);2-9,14,28H,10-13H2,1H3,(H,23,24,25);2-3H2,1H3;;2*1H2/q;;;;+1;;/p-1. The van der Waals surface area contributed by atoms with Crippen molar-refractivity contribution in [2.24, 2.45) is 0 Å². The summed E-state index contributed by atoms with van der Waals surface area (Å²) in [5, 5.41) is 27.8. The molecule has 0 radical (unpaired) electrons. The van der Waals surface area contributed by atoms with Gasteiger partial charge in [-0.05, 0) is 180 Å². The number of carboxylic acid groups (broad SMARTS) is 1. The second kappa shape index (κ2) is 43.1. The Kier molecular flexibility index (Phi) is 34.9. The Hall–Kier alpha value is -10.3. The topological polar surface area (TPSA) is 425 Å². The van der Waals surface area contributed by atoms with Crippen molar-refractivity contribution in [3.63, 3.8) is 0 Å². The molecule has 0 unspecified atom stereocenters. The van der Waals surface area contributed by atoms with Crippen LogP contribution in [0.4, 0.5) is 65.5 Å². The van der Waals surface area contributed by atoms with Gasteiger partial charge >= 0.3 is 36.8 Å². The van der Waals surface area contributed by atoms with E-state index in [1.807, 2.05) is 35.5 Å². The largest absolute Gasteiger partial charge is 1.00 e. The predicted molar refractivity (Wildman–Crippen MR) is 414 cm³/mol. The van der Waals surface area contributed by atoms with Crippen LogP contribution in [0.25, 0.3) is 0 Å². The van der Waals surface area contributed by atoms with Gasteiger partial charge in [0.1, 0.15) is 57.5 Å². The van der Waals surface area contributed by atoms with Crippen molar-refractivity contribution < 1.29 is 112 Å². The van der Waals surface area contributed by atoms with Gasteiger partial charge in [-0.15, -0.1) is 0 Å². The van der Waals surface area contributed by atoms with Crippen molar-refractivity contribution in [2.75, 3.05) is 141 Å². The molecule has 6 heterocycles. The van der Waals surface area contributed by atoms with E-state index in [0.29, 0.717) is 122 Å². The second-order valence-electron chi connectivity index (χ2n) is 24.3. The van der Waals surface area contributed by atoms with Crippen molar-refractivity contribution in [1.82, 2.24) is 42.8 Å². The molecule has 0 saturated carbocycles. The maximum atomic E-state index is 13.2. The van der Waals surface area contributed by atoms with E-state index in [0.717, 1.165) is 17.1 Å². The van der Waals surface area contributed by atoms with E-state index < -0.39 is 48.6 Å². The van der Waals surface area contributed by atoms with Crippen LogP contribution in [-0.4, -0.2) is 217 Å². The zero-order valence-electron chi connectivity index (χ0n) is 62.4. The number of aryl methyl sites for hydroxylation is 3. The Bertz CT molecular complexity index is 4940. The van der Waals surface area contributed by atoms with E-state index in [1.165, 1.54) is 122 Å². The molecule has 3 saturated heterocycles. The van der Waals surface area contributed by atoms with Crippen LogP contribution in [0.5, 0.6) is 17.2 Å². The number of piperazine rings is 3. The number of phenols is 1. The van der Waals surface area contributed by atoms with Gasteiger partial charge in [0.05, 0.1) is 27.9 Å². The van der Waals surface area contributed by atoms with Crippen molar-refractivity contribution in [2.45, 2.75) is 49.3 Å². The average Bonchev–Trinajstić information content (AvgIpc) is 0.805. The number of phenolic OH excluding ortho intramolecular Hbond substituents is 1. The van der Waals surface area contributed by atoms with E-state index in [1.54, 1.807) is 68.4 Å². The molecule has 0 atom stereocenters. The number of carboxylic acids is 1. The van der Waals surface area contributed by atoms with E-state index in [-0.39, 0.29) is 119 Å². The quantitative estimate of drug-likeness (QED) is 0.0279. The molecule has 12 rings (SSSR count). The Balaban J connectivity index is 0.000000250. The monoisotopic (exact) mass is 1680 g/mol. The zero-order valence-corrected chi connectivity index (χ0v) is 66.4. The van der Waals surface area contributed by atoms with Crippen molar-refractivity contribution in [3.05, 3.63) is 198 Å². The number of carbonyl (C=O) groups is 3. The number of hydrogen-bond acceptors (Lipinski definition) is 27. The number of aromatic hydroxyl groups is 1. The van der Waals surface area contributed by atoms with Crippen LogP contribution in [0.3, 0.4) is 0 Å². The summed E-state index contributed by atoms with van der Waals surface area (Å²) < 4.78 is 141. The third kappa shape index (κ3) is 26.9. The number of esters is 2. The molecule has 3 aliphatic heterocycles. The summed E-state index contributed by atoms with van der Waals surface area (Å²) in [5.74, 6) is 1.06. The molecule has 8 N–H and O–H groups in total. The Morgan fingerprint density at radius 1 is 0.434 bits per heavy atom. The summed E-state index contributed by atoms with van der Waals surface area (Å²) >= 11 is 2.94. The number of nitrogens with one attached hydrogen (secondary N) is 3. The summed E-state index contributed by atoms with van der Waals surface area (Å²) in [6.45, 7) is 13.1. The molecular formula is C73H84BrF3LiN15O17S3. The summed E-state index contributed by atoms with van der Waals surface area (Å²) in [7, 11) is -11.1. The summed E-state index contributed by atoms with van der Waals surface area (Å²) in [4.78, 5) is 65.5. The molecule has 0 amide bonds. The van der Waals surface area contributed by atoms with Crippen LogP contribution < -0.4 is 59.0 Å². The summed E-state index contributed by atoms with van der Waals surface area (Å²) in [5.41, 5.74) is 4.32. The van der Waals surface area contributed by atoms with Gasteiger partial charge in [0.25, 0.3) is 0 Å². The van der Waals surface area contributed by atoms with Crippen molar-refractivity contribution >= 4 is 116 Å². The molecule has 113 heavy (non-hydrogen) atoms. The number of aliphatic carboxylic acids is 1. The number of anilines is 9. The Morgan fingerprint density at radius 2 is 0.708 bits per heavy atom. The van der Waals surface area contributed by atoms with Gasteiger partial charge in [-0.1, -0.05) is 15.9 Å². The van der Waals surface area contributed by atoms with Gasteiger partial charge in [0.15, 0.2) is 13.2 Å². The van der Waals surface area contributed by atoms with Gasteiger partial charge in [-0.25, -0.2) is 63.0 Å². The molecule has 0 bridgehead atoms. The minimum atomic E-state index is -3.73. The summed E-state index contributed by atoms with van der Waals surface area (Å²) in [6.07, 6.45) is 0. The van der Waals surface area contributed by atoms with Gasteiger partial charge in [0, 0.05) is 131 Å². The van der Waals surface area contributed by atoms with Crippen LogP contribution >= 0.6 is 15.9 Å². The van der Waals surface area contributed by atoms with E-state index in [9.17, 15) is 57.9 Å². The molecule has 3 aliphatic rings. The molecule has 3 aromatic heterocycles. The molecule has 6 aromatic carbocycles. The van der Waals surface area contributed by atoms with Gasteiger partial charge in [0.2, 0.25) is 47.9 Å². The average molecular weight is 1680 g/mol. The third-order valence-corrected chi connectivity index (χ3v) is 22.5. The van der Waals surface area contributed by atoms with E-state index in [4.69, 9.17) is 19.3 Å². The number of benzene rings is 6. The number of aromatic nitrogens is 6. The minimum absolute atomic E-state index is 0. The predicted octanol–water partition coefficient (Wildman–Crippen LogP) is 5.59. The number of rotatable bonds is 24. The molecule has 32 nitrogen and oxygen atoms in total. The third-order valence-electron chi connectivity index (χ3n) is 16.3. The fraction of sp³-hybridized carbons (Fsp3) is 0.301. The van der Waals surface area contributed by atoms with Gasteiger partial charge < -0.3 is 70.8 Å². The van der Waals surface area contributed by atoms with Crippen LogP contribution in [0.2, 0.25) is 0 Å². The molecule has 40 heteroatoms. The number of sulfonamides is 3. The SMILES string of the molecule is CCOC(=O)CBr.CCOC(=O)COc1ccc(S(=O)(=O)N2CCN(c3nc(C)cc(Nc4ccc(F)cc4)n3)CC2)cc1.Cc1cc(Nc2ccc(F)cc2)nc(N2CCN(S(=O)(=O)c3ccc(O)cc3)CC2)n1.Cc1cc(Nc2ccc(F)cc2)nc(N2CCN(S(=O)(=O)c3ccc(OCC(=O)O)cc3)CC2)n1.O.[Li+].[OH-]. The zero-order chi connectivity index (χ0) is 79.1. The van der Waals surface area contributed by atoms with Crippen LogP contribution in [0.1, 0.15) is 30.9 Å². The number of halogens is 4. The molecule has 0 aliphatic carbocycles. The van der Waals surface area contributed by atoms with E-state index >= 15 is 0 Å².